The zero-order chi connectivity index (χ0) is 25.7. The molecule has 0 spiro atoms. The van der Waals surface area contributed by atoms with Crippen molar-refractivity contribution in [2.24, 2.45) is 5.92 Å². The van der Waals surface area contributed by atoms with Crippen LogP contribution in [0.5, 0.6) is 5.75 Å². The third-order valence-corrected chi connectivity index (χ3v) is 6.75. The highest BCUT2D eigenvalue weighted by Crippen LogP contribution is 2.33. The number of piperidine rings is 1. The first kappa shape index (κ1) is 25.4. The standard InChI is InChI=1S/C29H31FN2O4/c1-3-32(25-6-4-5-7-27(25)36-2)29(35)24-13-8-20(19-33)18-26(24)31-16-14-22(15-17-31)28(34)21-9-11-23(30)12-10-21/h4-13,18,22,33H,3,14-17,19H2,1-2H3. The second kappa shape index (κ2) is 11.4. The Bertz CT molecular complexity index is 1220. The first-order valence-corrected chi connectivity index (χ1v) is 12.2. The molecular formula is C29H31FN2O4. The number of benzene rings is 3. The van der Waals surface area contributed by atoms with Crippen molar-refractivity contribution in [3.63, 3.8) is 0 Å². The monoisotopic (exact) mass is 490 g/mol. The third kappa shape index (κ3) is 5.26. The van der Waals surface area contributed by atoms with Crippen molar-refractivity contribution in [1.82, 2.24) is 0 Å². The van der Waals surface area contributed by atoms with Gasteiger partial charge in [0.2, 0.25) is 0 Å². The average Bonchev–Trinajstić information content (AvgIpc) is 2.93. The minimum absolute atomic E-state index is 0.0170. The van der Waals surface area contributed by atoms with Gasteiger partial charge in [-0.1, -0.05) is 18.2 Å². The quantitative estimate of drug-likeness (QED) is 0.446. The van der Waals surface area contributed by atoms with Gasteiger partial charge < -0.3 is 19.6 Å². The lowest BCUT2D eigenvalue weighted by atomic mass is 9.88. The number of hydrogen-bond donors (Lipinski definition) is 1. The number of rotatable bonds is 8. The lowest BCUT2D eigenvalue weighted by Crippen LogP contribution is -2.38. The van der Waals surface area contributed by atoms with Crippen molar-refractivity contribution >= 4 is 23.1 Å². The number of methoxy groups -OCH3 is 1. The fourth-order valence-corrected chi connectivity index (χ4v) is 4.77. The van der Waals surface area contributed by atoms with E-state index in [2.05, 4.69) is 4.90 Å². The highest BCUT2D eigenvalue weighted by Gasteiger charge is 2.29. The topological polar surface area (TPSA) is 70.1 Å². The molecule has 1 N–H and O–H groups in total. The summed E-state index contributed by atoms with van der Waals surface area (Å²) in [5.41, 5.74) is 3.19. The van der Waals surface area contributed by atoms with Crippen molar-refractivity contribution in [1.29, 1.82) is 0 Å². The predicted octanol–water partition coefficient (Wildman–Crippen LogP) is 5.09. The van der Waals surface area contributed by atoms with Gasteiger partial charge in [0.15, 0.2) is 5.78 Å². The molecule has 0 radical (unpaired) electrons. The molecule has 1 amide bonds. The molecule has 36 heavy (non-hydrogen) atoms. The zero-order valence-corrected chi connectivity index (χ0v) is 20.6. The predicted molar refractivity (Wildman–Crippen MR) is 138 cm³/mol. The fourth-order valence-electron chi connectivity index (χ4n) is 4.77. The number of nitrogens with zero attached hydrogens (tertiary/aromatic N) is 2. The molecule has 0 bridgehead atoms. The number of carbonyl (C=O) groups is 2. The molecule has 0 aliphatic carbocycles. The highest BCUT2D eigenvalue weighted by atomic mass is 19.1. The van der Waals surface area contributed by atoms with Crippen LogP contribution in [0.15, 0.2) is 66.7 Å². The minimum atomic E-state index is -0.364. The Morgan fingerprint density at radius 1 is 1.06 bits per heavy atom. The second-order valence-corrected chi connectivity index (χ2v) is 8.86. The Balaban J connectivity index is 1.58. The summed E-state index contributed by atoms with van der Waals surface area (Å²) >= 11 is 0. The van der Waals surface area contributed by atoms with Gasteiger partial charge in [-0.15, -0.1) is 0 Å². The van der Waals surface area contributed by atoms with E-state index in [9.17, 15) is 19.1 Å². The zero-order valence-electron chi connectivity index (χ0n) is 20.6. The number of halogens is 1. The lowest BCUT2D eigenvalue weighted by Gasteiger charge is -2.35. The molecule has 0 aromatic heterocycles. The fraction of sp³-hybridized carbons (Fsp3) is 0.310. The average molecular weight is 491 g/mol. The smallest absolute Gasteiger partial charge is 0.260 e. The first-order valence-electron chi connectivity index (χ1n) is 12.2. The molecule has 0 atom stereocenters. The Morgan fingerprint density at radius 2 is 1.75 bits per heavy atom. The molecule has 1 fully saturated rings. The van der Waals surface area contributed by atoms with Crippen LogP contribution < -0.4 is 14.5 Å². The molecule has 4 rings (SSSR count). The number of para-hydroxylation sites is 2. The summed E-state index contributed by atoms with van der Waals surface area (Å²) in [4.78, 5) is 30.5. The van der Waals surface area contributed by atoms with Crippen LogP contribution in [-0.4, -0.2) is 43.5 Å². The normalized spacial score (nSPS) is 13.9. The number of ketones is 1. The first-order chi connectivity index (χ1) is 17.5. The van der Waals surface area contributed by atoms with Gasteiger partial charge in [0.1, 0.15) is 11.6 Å². The molecule has 1 saturated heterocycles. The number of aliphatic hydroxyl groups excluding tert-OH is 1. The molecule has 7 heteroatoms. The lowest BCUT2D eigenvalue weighted by molar-refractivity contribution is 0.0899. The van der Waals surface area contributed by atoms with Crippen LogP contribution >= 0.6 is 0 Å². The van der Waals surface area contributed by atoms with Crippen LogP contribution in [0, 0.1) is 11.7 Å². The molecule has 1 aliphatic rings. The van der Waals surface area contributed by atoms with Gasteiger partial charge in [0.05, 0.1) is 25.0 Å². The summed E-state index contributed by atoms with van der Waals surface area (Å²) < 4.78 is 18.7. The van der Waals surface area contributed by atoms with Gasteiger partial charge in [0, 0.05) is 36.8 Å². The van der Waals surface area contributed by atoms with Crippen molar-refractivity contribution in [3.05, 3.63) is 89.2 Å². The molecule has 3 aromatic carbocycles. The molecule has 0 unspecified atom stereocenters. The van der Waals surface area contributed by atoms with E-state index < -0.39 is 0 Å². The van der Waals surface area contributed by atoms with E-state index in [1.807, 2.05) is 37.3 Å². The molecule has 1 heterocycles. The summed E-state index contributed by atoms with van der Waals surface area (Å²) in [7, 11) is 1.58. The van der Waals surface area contributed by atoms with E-state index in [1.54, 1.807) is 24.1 Å². The van der Waals surface area contributed by atoms with E-state index in [0.717, 1.165) is 5.69 Å². The van der Waals surface area contributed by atoms with Gasteiger partial charge in [-0.25, -0.2) is 4.39 Å². The van der Waals surface area contributed by atoms with Crippen LogP contribution in [0.3, 0.4) is 0 Å². The van der Waals surface area contributed by atoms with Gasteiger partial charge in [-0.3, -0.25) is 9.59 Å². The van der Waals surface area contributed by atoms with E-state index in [4.69, 9.17) is 4.74 Å². The largest absolute Gasteiger partial charge is 0.495 e. The summed E-state index contributed by atoms with van der Waals surface area (Å²) in [6.07, 6.45) is 1.24. The molecule has 188 valence electrons. The molecule has 3 aromatic rings. The van der Waals surface area contributed by atoms with Crippen molar-refractivity contribution in [2.75, 3.05) is 36.5 Å². The summed E-state index contributed by atoms with van der Waals surface area (Å²) in [5, 5.41) is 9.75. The number of aliphatic hydroxyl groups is 1. The Hall–Kier alpha value is -3.71. The molecular weight excluding hydrogens is 459 g/mol. The van der Waals surface area contributed by atoms with Crippen molar-refractivity contribution in [2.45, 2.75) is 26.4 Å². The Kier molecular flexibility index (Phi) is 8.00. The summed E-state index contributed by atoms with van der Waals surface area (Å²) in [5.74, 6) is -0.0556. The van der Waals surface area contributed by atoms with Crippen LogP contribution in [0.2, 0.25) is 0 Å². The number of ether oxygens (including phenoxy) is 1. The van der Waals surface area contributed by atoms with Crippen LogP contribution in [0.4, 0.5) is 15.8 Å². The van der Waals surface area contributed by atoms with E-state index >= 15 is 0 Å². The number of carbonyl (C=O) groups excluding carboxylic acids is 2. The van der Waals surface area contributed by atoms with Gasteiger partial charge in [-0.2, -0.15) is 0 Å². The van der Waals surface area contributed by atoms with E-state index in [-0.39, 0.29) is 30.0 Å². The van der Waals surface area contributed by atoms with E-state index in [1.165, 1.54) is 24.3 Å². The van der Waals surface area contributed by atoms with E-state index in [0.29, 0.717) is 60.6 Å². The SMILES string of the molecule is CCN(C(=O)c1ccc(CO)cc1N1CCC(C(=O)c2ccc(F)cc2)CC1)c1ccccc1OC. The van der Waals surface area contributed by atoms with Crippen molar-refractivity contribution < 1.29 is 23.8 Å². The minimum Gasteiger partial charge on any atom is -0.495 e. The Morgan fingerprint density at radius 3 is 2.39 bits per heavy atom. The molecule has 6 nitrogen and oxygen atoms in total. The number of anilines is 2. The number of amides is 1. The second-order valence-electron chi connectivity index (χ2n) is 8.86. The third-order valence-electron chi connectivity index (χ3n) is 6.75. The van der Waals surface area contributed by atoms with Crippen LogP contribution in [0.1, 0.15) is 46.0 Å². The maximum atomic E-state index is 13.8. The summed E-state index contributed by atoms with van der Waals surface area (Å²) in [6, 6.07) is 18.5. The van der Waals surface area contributed by atoms with Gasteiger partial charge in [-0.05, 0) is 73.9 Å². The highest BCUT2D eigenvalue weighted by molar-refractivity contribution is 6.10. The van der Waals surface area contributed by atoms with Crippen LogP contribution in [0.25, 0.3) is 0 Å². The van der Waals surface area contributed by atoms with Crippen LogP contribution in [-0.2, 0) is 6.61 Å². The van der Waals surface area contributed by atoms with Gasteiger partial charge >= 0.3 is 0 Å². The number of hydrogen-bond acceptors (Lipinski definition) is 5. The summed E-state index contributed by atoms with van der Waals surface area (Å²) in [6.45, 7) is 3.42. The number of Topliss-reactive ketones (excluding diaryl/α,β-unsaturated/α-hetero) is 1. The Labute approximate surface area is 210 Å². The van der Waals surface area contributed by atoms with Gasteiger partial charge in [0.25, 0.3) is 5.91 Å². The molecule has 1 aliphatic heterocycles. The maximum Gasteiger partial charge on any atom is 0.260 e. The molecule has 0 saturated carbocycles. The maximum absolute atomic E-state index is 13.8. The van der Waals surface area contributed by atoms with Crippen molar-refractivity contribution in [3.8, 4) is 5.75 Å².